The van der Waals surface area contributed by atoms with Gasteiger partial charge in [0, 0.05) is 20.5 Å². The smallest absolute Gasteiger partial charge is 0.00702 e. The zero-order valence-electron chi connectivity index (χ0n) is 3.86. The Kier molecular flexibility index (Phi) is 2.50. The summed E-state index contributed by atoms with van der Waals surface area (Å²) in [6, 6.07) is 0. The first-order valence-corrected chi connectivity index (χ1v) is 4.21. The van der Waals surface area contributed by atoms with Crippen molar-refractivity contribution in [1.82, 2.24) is 0 Å². The Hall–Kier alpha value is 0.174. The Morgan fingerprint density at radius 3 is 1.80 bits per heavy atom. The largest absolute Gasteiger partial charge is 0.103 e. The maximum Gasteiger partial charge on any atom is 0.00702 e. The topological polar surface area (TPSA) is 0 Å². The second-order valence-electron chi connectivity index (χ2n) is 1.48. The molecular weight excluding hydrogens is 92.2 g/mol. The van der Waals surface area contributed by atoms with E-state index in [4.69, 9.17) is 0 Å². The van der Waals surface area contributed by atoms with Crippen molar-refractivity contribution < 1.29 is 0 Å². The van der Waals surface area contributed by atoms with E-state index in [1.54, 1.807) is 0 Å². The molecule has 0 aliphatic heterocycles. The number of hydrogen-bond donors (Lipinski definition) is 0. The van der Waals surface area contributed by atoms with Gasteiger partial charge in [0.05, 0.1) is 0 Å². The monoisotopic (exact) mass is 102 g/mol. The normalized spacial score (nSPS) is 15.2. The molecule has 0 N–H and O–H groups in total. The second-order valence-corrected chi connectivity index (χ2v) is 7.43. The van der Waals surface area contributed by atoms with Crippen LogP contribution in [-0.2, 0) is 0 Å². The highest BCUT2D eigenvalue weighted by atomic mass is 28.2. The predicted octanol–water partition coefficient (Wildman–Crippen LogP) is -1.35. The average molecular weight is 102 g/mol. The van der Waals surface area contributed by atoms with E-state index in [1.165, 1.54) is 20.5 Å². The van der Waals surface area contributed by atoms with Gasteiger partial charge in [-0.25, -0.2) is 0 Å². The van der Waals surface area contributed by atoms with Gasteiger partial charge in [-0.05, 0) is 0 Å². The fourth-order valence-electron chi connectivity index (χ4n) is 0. The molecule has 0 radical (unpaired) electrons. The zero-order chi connectivity index (χ0) is 4.28. The zero-order valence-corrected chi connectivity index (χ0v) is 7.86. The lowest BCUT2D eigenvalue weighted by Crippen LogP contribution is -1.79. The quantitative estimate of drug-likeness (QED) is 0.284. The maximum atomic E-state index is 3.63. The molecule has 0 nitrogen and oxygen atoms in total. The van der Waals surface area contributed by atoms with Crippen molar-refractivity contribution in [3.05, 3.63) is 12.7 Å². The van der Waals surface area contributed by atoms with Crippen LogP contribution in [0.5, 0.6) is 0 Å². The Balaban J connectivity index is 2.83. The molecular formula is C3H10Si2. The Labute approximate surface area is 39.1 Å². The molecule has 0 fully saturated rings. The molecule has 0 aliphatic carbocycles. The fraction of sp³-hybridized carbons (Fsp3) is 0.333. The van der Waals surface area contributed by atoms with Crippen molar-refractivity contribution in [2.75, 3.05) is 0 Å². The first kappa shape index (κ1) is 5.17. The van der Waals surface area contributed by atoms with Crippen molar-refractivity contribution in [2.24, 2.45) is 0 Å². The highest BCUT2D eigenvalue weighted by Gasteiger charge is 1.74. The van der Waals surface area contributed by atoms with Crippen LogP contribution < -0.4 is 0 Å². The SMILES string of the molecule is C=CC([SiH3])[SiH3]. The van der Waals surface area contributed by atoms with Gasteiger partial charge >= 0.3 is 0 Å². The Morgan fingerprint density at radius 1 is 1.60 bits per heavy atom. The lowest BCUT2D eigenvalue weighted by atomic mass is 10.7. The summed E-state index contributed by atoms with van der Waals surface area (Å²) in [7, 11) is 2.63. The summed E-state index contributed by atoms with van der Waals surface area (Å²) in [4.78, 5) is 0. The van der Waals surface area contributed by atoms with Crippen LogP contribution in [0.15, 0.2) is 12.7 Å². The minimum atomic E-state index is 0.926. The summed E-state index contributed by atoms with van der Waals surface area (Å²) >= 11 is 0. The molecule has 0 atom stereocenters. The highest BCUT2D eigenvalue weighted by molar-refractivity contribution is 6.36. The average Bonchev–Trinajstić information content (AvgIpc) is 1.38. The van der Waals surface area contributed by atoms with Gasteiger partial charge in [-0.2, -0.15) is 0 Å². The predicted molar refractivity (Wildman–Crippen MR) is 33.8 cm³/mol. The third-order valence-electron chi connectivity index (χ3n) is 0.471. The third kappa shape index (κ3) is 4.17. The molecule has 0 aromatic carbocycles. The lowest BCUT2D eigenvalue weighted by molar-refractivity contribution is 1.60. The van der Waals surface area contributed by atoms with E-state index in [2.05, 4.69) is 6.58 Å². The van der Waals surface area contributed by atoms with Crippen LogP contribution in [0, 0.1) is 0 Å². The van der Waals surface area contributed by atoms with Crippen molar-refractivity contribution >= 4 is 20.5 Å². The highest BCUT2D eigenvalue weighted by Crippen LogP contribution is 1.84. The lowest BCUT2D eigenvalue weighted by Gasteiger charge is -1.83. The standard InChI is InChI=1S/C3H10Si2/c1-2-3(4)5/h2-3H,1H2,4-5H3. The van der Waals surface area contributed by atoms with E-state index in [0.717, 1.165) is 5.16 Å². The molecule has 0 amide bonds. The van der Waals surface area contributed by atoms with Crippen LogP contribution in [0.1, 0.15) is 0 Å². The molecule has 0 saturated heterocycles. The van der Waals surface area contributed by atoms with Crippen LogP contribution >= 0.6 is 0 Å². The number of rotatable bonds is 1. The molecule has 0 spiro atoms. The van der Waals surface area contributed by atoms with Gasteiger partial charge in [-0.3, -0.25) is 0 Å². The van der Waals surface area contributed by atoms with Gasteiger partial charge in [0.25, 0.3) is 0 Å². The first-order valence-electron chi connectivity index (χ1n) is 1.90. The molecule has 2 heteroatoms. The van der Waals surface area contributed by atoms with Gasteiger partial charge < -0.3 is 0 Å². The van der Waals surface area contributed by atoms with E-state index in [-0.39, 0.29) is 0 Å². The molecule has 0 rings (SSSR count). The van der Waals surface area contributed by atoms with Crippen molar-refractivity contribution in [3.8, 4) is 0 Å². The Bertz CT molecular complexity index is 31.9. The van der Waals surface area contributed by atoms with E-state index < -0.39 is 0 Å². The van der Waals surface area contributed by atoms with Gasteiger partial charge in [0.15, 0.2) is 0 Å². The van der Waals surface area contributed by atoms with Crippen molar-refractivity contribution in [2.45, 2.75) is 5.16 Å². The van der Waals surface area contributed by atoms with Crippen LogP contribution in [0.4, 0.5) is 0 Å². The van der Waals surface area contributed by atoms with Gasteiger partial charge in [-0.1, -0.05) is 11.2 Å². The minimum absolute atomic E-state index is 0.926. The molecule has 0 bridgehead atoms. The molecule has 0 aromatic heterocycles. The molecule has 0 unspecified atom stereocenters. The minimum Gasteiger partial charge on any atom is -0.103 e. The molecule has 0 aromatic rings. The van der Waals surface area contributed by atoms with Crippen LogP contribution in [-0.4, -0.2) is 20.5 Å². The molecule has 5 heavy (non-hydrogen) atoms. The summed E-state index contributed by atoms with van der Waals surface area (Å²) in [6.45, 7) is 3.63. The molecule has 0 heterocycles. The van der Waals surface area contributed by atoms with E-state index in [0.29, 0.717) is 0 Å². The van der Waals surface area contributed by atoms with E-state index in [1.807, 2.05) is 6.08 Å². The van der Waals surface area contributed by atoms with Crippen LogP contribution in [0.2, 0.25) is 5.16 Å². The van der Waals surface area contributed by atoms with Crippen LogP contribution in [0.3, 0.4) is 0 Å². The molecule has 0 saturated carbocycles. The van der Waals surface area contributed by atoms with Gasteiger partial charge in [-0.15, -0.1) is 6.58 Å². The van der Waals surface area contributed by atoms with Crippen LogP contribution in [0.25, 0.3) is 0 Å². The Morgan fingerprint density at radius 2 is 1.80 bits per heavy atom. The summed E-state index contributed by atoms with van der Waals surface area (Å²) < 4.78 is 0. The third-order valence-corrected chi connectivity index (χ3v) is 1.41. The summed E-state index contributed by atoms with van der Waals surface area (Å²) in [6.07, 6.45) is 2.04. The van der Waals surface area contributed by atoms with Gasteiger partial charge in [0.1, 0.15) is 0 Å². The second kappa shape index (κ2) is 2.41. The summed E-state index contributed by atoms with van der Waals surface area (Å²) in [5.41, 5.74) is 0. The maximum absolute atomic E-state index is 3.63. The van der Waals surface area contributed by atoms with E-state index in [9.17, 15) is 0 Å². The van der Waals surface area contributed by atoms with E-state index >= 15 is 0 Å². The van der Waals surface area contributed by atoms with Crippen molar-refractivity contribution in [1.29, 1.82) is 0 Å². The fourth-order valence-corrected chi connectivity index (χ4v) is 0. The molecule has 30 valence electrons. The number of hydrogen-bond acceptors (Lipinski definition) is 0. The summed E-state index contributed by atoms with van der Waals surface area (Å²) in [5, 5.41) is 0.926. The molecule has 0 aliphatic rings. The first-order chi connectivity index (χ1) is 2.27. The summed E-state index contributed by atoms with van der Waals surface area (Å²) in [5.74, 6) is 0. The van der Waals surface area contributed by atoms with Gasteiger partial charge in [0.2, 0.25) is 0 Å². The number of allylic oxidation sites excluding steroid dienone is 1. The van der Waals surface area contributed by atoms with Crippen molar-refractivity contribution in [3.63, 3.8) is 0 Å².